The number of nitrogens with one attached hydrogen (secondary N) is 1. The van der Waals surface area contributed by atoms with Crippen LogP contribution in [0, 0.1) is 17.2 Å². The summed E-state index contributed by atoms with van der Waals surface area (Å²) < 4.78 is 5.53. The van der Waals surface area contributed by atoms with Gasteiger partial charge >= 0.3 is 0 Å². The fourth-order valence-electron chi connectivity index (χ4n) is 2.71. The van der Waals surface area contributed by atoms with Crippen LogP contribution in [-0.4, -0.2) is 24.8 Å². The summed E-state index contributed by atoms with van der Waals surface area (Å²) >= 11 is 0. The normalized spacial score (nSPS) is 41.3. The van der Waals surface area contributed by atoms with Crippen LogP contribution in [0.5, 0.6) is 0 Å². The maximum Gasteiger partial charge on any atom is 0.0700 e. The molecule has 1 saturated heterocycles. The van der Waals surface area contributed by atoms with E-state index < -0.39 is 0 Å². The molecule has 1 aliphatic carbocycles. The molecule has 2 aliphatic rings. The van der Waals surface area contributed by atoms with Gasteiger partial charge in [-0.15, -0.1) is 0 Å². The van der Waals surface area contributed by atoms with Crippen LogP contribution in [0.4, 0.5) is 0 Å². The molecule has 0 bridgehead atoms. The number of nitrogens with zero attached hydrogens (tertiary/aromatic N) is 1. The SMILES string of the molecule is CC1OCCC1NC1CCCCC1C#N. The van der Waals surface area contributed by atoms with Crippen molar-refractivity contribution in [1.29, 1.82) is 5.26 Å². The Morgan fingerprint density at radius 2 is 2.00 bits per heavy atom. The number of hydrogen-bond donors (Lipinski definition) is 1. The monoisotopic (exact) mass is 208 g/mol. The van der Waals surface area contributed by atoms with Crippen molar-refractivity contribution in [2.24, 2.45) is 5.92 Å². The van der Waals surface area contributed by atoms with Crippen LogP contribution in [0.2, 0.25) is 0 Å². The van der Waals surface area contributed by atoms with E-state index in [0.717, 1.165) is 25.9 Å². The van der Waals surface area contributed by atoms with Crippen LogP contribution < -0.4 is 5.32 Å². The predicted octanol–water partition coefficient (Wildman–Crippen LogP) is 1.84. The van der Waals surface area contributed by atoms with Crippen LogP contribution >= 0.6 is 0 Å². The molecule has 2 rings (SSSR count). The minimum atomic E-state index is 0.214. The summed E-state index contributed by atoms with van der Waals surface area (Å²) in [7, 11) is 0. The molecule has 84 valence electrons. The van der Waals surface area contributed by atoms with Crippen LogP contribution in [0.25, 0.3) is 0 Å². The third-order valence-electron chi connectivity index (χ3n) is 3.74. The standard InChI is InChI=1S/C12H20N2O/c1-9-11(6-7-15-9)14-12-5-3-2-4-10(12)8-13/h9-12,14H,2-7H2,1H3. The van der Waals surface area contributed by atoms with Crippen molar-refractivity contribution >= 4 is 0 Å². The Balaban J connectivity index is 1.89. The summed E-state index contributed by atoms with van der Waals surface area (Å²) in [6.45, 7) is 2.98. The molecular formula is C12H20N2O. The van der Waals surface area contributed by atoms with Crippen molar-refractivity contribution < 1.29 is 4.74 Å². The zero-order valence-corrected chi connectivity index (χ0v) is 9.41. The Morgan fingerprint density at radius 1 is 1.20 bits per heavy atom. The summed E-state index contributed by atoms with van der Waals surface area (Å²) in [6.07, 6.45) is 6.10. The summed E-state index contributed by atoms with van der Waals surface area (Å²) in [6, 6.07) is 3.30. The Labute approximate surface area is 91.8 Å². The van der Waals surface area contributed by atoms with E-state index in [4.69, 9.17) is 10.00 Å². The van der Waals surface area contributed by atoms with Crippen molar-refractivity contribution in [2.75, 3.05) is 6.61 Å². The molecule has 0 spiro atoms. The fourth-order valence-corrected chi connectivity index (χ4v) is 2.71. The van der Waals surface area contributed by atoms with Gasteiger partial charge in [-0.3, -0.25) is 0 Å². The summed E-state index contributed by atoms with van der Waals surface area (Å²) in [5, 5.41) is 12.7. The van der Waals surface area contributed by atoms with Crippen molar-refractivity contribution in [3.05, 3.63) is 0 Å². The average molecular weight is 208 g/mol. The van der Waals surface area contributed by atoms with Gasteiger partial charge in [0.05, 0.1) is 18.1 Å². The lowest BCUT2D eigenvalue weighted by Gasteiger charge is -2.31. The maximum absolute atomic E-state index is 9.08. The van der Waals surface area contributed by atoms with E-state index in [1.807, 2.05) is 0 Å². The van der Waals surface area contributed by atoms with E-state index in [2.05, 4.69) is 18.3 Å². The molecule has 0 amide bonds. The van der Waals surface area contributed by atoms with E-state index in [0.29, 0.717) is 18.2 Å². The second kappa shape index (κ2) is 4.96. The van der Waals surface area contributed by atoms with Crippen molar-refractivity contribution in [1.82, 2.24) is 5.32 Å². The van der Waals surface area contributed by atoms with Gasteiger partial charge in [0.2, 0.25) is 0 Å². The van der Waals surface area contributed by atoms with Gasteiger partial charge in [0, 0.05) is 18.7 Å². The van der Waals surface area contributed by atoms with Crippen LogP contribution in [0.3, 0.4) is 0 Å². The van der Waals surface area contributed by atoms with Crippen LogP contribution in [0.1, 0.15) is 39.0 Å². The molecule has 0 aromatic carbocycles. The number of rotatable bonds is 2. The zero-order valence-electron chi connectivity index (χ0n) is 9.41. The smallest absolute Gasteiger partial charge is 0.0700 e. The molecule has 3 nitrogen and oxygen atoms in total. The van der Waals surface area contributed by atoms with Gasteiger partial charge in [0.1, 0.15) is 0 Å². The molecule has 1 aliphatic heterocycles. The Morgan fingerprint density at radius 3 is 2.67 bits per heavy atom. The summed E-state index contributed by atoms with van der Waals surface area (Å²) in [5.41, 5.74) is 0. The highest BCUT2D eigenvalue weighted by atomic mass is 16.5. The average Bonchev–Trinajstić information content (AvgIpc) is 2.65. The molecule has 1 heterocycles. The molecule has 2 fully saturated rings. The fraction of sp³-hybridized carbons (Fsp3) is 0.917. The lowest BCUT2D eigenvalue weighted by molar-refractivity contribution is 0.107. The zero-order chi connectivity index (χ0) is 10.7. The molecule has 15 heavy (non-hydrogen) atoms. The van der Waals surface area contributed by atoms with E-state index in [1.54, 1.807) is 0 Å². The first kappa shape index (κ1) is 10.9. The number of ether oxygens (including phenoxy) is 1. The number of hydrogen-bond acceptors (Lipinski definition) is 3. The van der Waals surface area contributed by atoms with E-state index in [-0.39, 0.29) is 5.92 Å². The van der Waals surface area contributed by atoms with Crippen LogP contribution in [-0.2, 0) is 4.74 Å². The third kappa shape index (κ3) is 2.50. The minimum Gasteiger partial charge on any atom is -0.377 e. The Kier molecular flexibility index (Phi) is 3.61. The Bertz CT molecular complexity index is 248. The summed E-state index contributed by atoms with van der Waals surface area (Å²) in [4.78, 5) is 0. The highest BCUT2D eigenvalue weighted by Gasteiger charge is 2.31. The Hall–Kier alpha value is -0.590. The van der Waals surface area contributed by atoms with Crippen molar-refractivity contribution in [3.8, 4) is 6.07 Å². The van der Waals surface area contributed by atoms with Gasteiger partial charge in [-0.25, -0.2) is 0 Å². The second-order valence-electron chi connectivity index (χ2n) is 4.76. The van der Waals surface area contributed by atoms with Gasteiger partial charge < -0.3 is 10.1 Å². The quantitative estimate of drug-likeness (QED) is 0.753. The summed E-state index contributed by atoms with van der Waals surface area (Å²) in [5.74, 6) is 0.214. The van der Waals surface area contributed by atoms with Gasteiger partial charge in [-0.1, -0.05) is 12.8 Å². The van der Waals surface area contributed by atoms with Crippen molar-refractivity contribution in [2.45, 2.75) is 57.2 Å². The van der Waals surface area contributed by atoms with E-state index >= 15 is 0 Å². The molecule has 0 aromatic rings. The van der Waals surface area contributed by atoms with Crippen molar-refractivity contribution in [3.63, 3.8) is 0 Å². The molecule has 0 radical (unpaired) electrons. The molecule has 4 unspecified atom stereocenters. The molecule has 3 heteroatoms. The molecule has 4 atom stereocenters. The first-order valence-electron chi connectivity index (χ1n) is 6.08. The van der Waals surface area contributed by atoms with Gasteiger partial charge in [0.25, 0.3) is 0 Å². The van der Waals surface area contributed by atoms with Gasteiger partial charge in [-0.05, 0) is 26.2 Å². The lowest BCUT2D eigenvalue weighted by atomic mass is 9.85. The highest BCUT2D eigenvalue weighted by Crippen LogP contribution is 2.25. The topological polar surface area (TPSA) is 45.0 Å². The second-order valence-corrected chi connectivity index (χ2v) is 4.76. The predicted molar refractivity (Wildman–Crippen MR) is 58.3 cm³/mol. The number of nitriles is 1. The third-order valence-corrected chi connectivity index (χ3v) is 3.74. The first-order valence-corrected chi connectivity index (χ1v) is 6.08. The largest absolute Gasteiger partial charge is 0.377 e. The molecular weight excluding hydrogens is 188 g/mol. The molecule has 0 aromatic heterocycles. The molecule has 1 N–H and O–H groups in total. The first-order chi connectivity index (χ1) is 7.31. The molecule has 1 saturated carbocycles. The minimum absolute atomic E-state index is 0.214. The van der Waals surface area contributed by atoms with Crippen LogP contribution in [0.15, 0.2) is 0 Å². The lowest BCUT2D eigenvalue weighted by Crippen LogP contribution is -2.46. The van der Waals surface area contributed by atoms with Gasteiger partial charge in [0.15, 0.2) is 0 Å². The van der Waals surface area contributed by atoms with E-state index in [9.17, 15) is 0 Å². The van der Waals surface area contributed by atoms with Gasteiger partial charge in [-0.2, -0.15) is 5.26 Å². The maximum atomic E-state index is 9.08. The van der Waals surface area contributed by atoms with E-state index in [1.165, 1.54) is 12.8 Å². The highest BCUT2D eigenvalue weighted by molar-refractivity contribution is 4.96.